The molecular formula is C13H20N4O3. The first kappa shape index (κ1) is 14.4. The number of urea groups is 1. The number of rotatable bonds is 5. The van der Waals surface area contributed by atoms with Crippen LogP contribution in [0.3, 0.4) is 0 Å². The van der Waals surface area contributed by atoms with Gasteiger partial charge in [0.05, 0.1) is 6.20 Å². The van der Waals surface area contributed by atoms with Crippen molar-refractivity contribution in [2.75, 3.05) is 13.1 Å². The number of H-pyrrole nitrogens is 1. The molecule has 0 aliphatic carbocycles. The molecule has 7 nitrogen and oxygen atoms in total. The molecule has 1 fully saturated rings. The summed E-state index contributed by atoms with van der Waals surface area (Å²) in [6.07, 6.45) is 6.12. The minimum atomic E-state index is -0.745. The lowest BCUT2D eigenvalue weighted by Crippen LogP contribution is -2.44. The summed E-state index contributed by atoms with van der Waals surface area (Å²) >= 11 is 0. The standard InChI is InChI=1S/C13H20N4O3/c18-12(19)2-1-10-3-5-17(6-4-10)13(20)14-7-11-8-15-16-9-11/h8-10H,1-7H2,(H,14,20)(H,15,16)(H,18,19). The van der Waals surface area contributed by atoms with Crippen molar-refractivity contribution in [3.8, 4) is 0 Å². The number of nitrogens with one attached hydrogen (secondary N) is 2. The van der Waals surface area contributed by atoms with E-state index in [9.17, 15) is 9.59 Å². The zero-order valence-electron chi connectivity index (χ0n) is 11.3. The van der Waals surface area contributed by atoms with Crippen molar-refractivity contribution < 1.29 is 14.7 Å². The maximum absolute atomic E-state index is 12.0. The van der Waals surface area contributed by atoms with Crippen molar-refractivity contribution >= 4 is 12.0 Å². The quantitative estimate of drug-likeness (QED) is 0.754. The fraction of sp³-hybridized carbons (Fsp3) is 0.615. The molecule has 0 aromatic carbocycles. The molecule has 0 saturated carbocycles. The van der Waals surface area contributed by atoms with Crippen molar-refractivity contribution in [2.24, 2.45) is 5.92 Å². The molecular weight excluding hydrogens is 260 g/mol. The van der Waals surface area contributed by atoms with Crippen molar-refractivity contribution in [3.63, 3.8) is 0 Å². The van der Waals surface area contributed by atoms with Gasteiger partial charge in [-0.15, -0.1) is 0 Å². The Morgan fingerprint density at radius 1 is 1.45 bits per heavy atom. The number of amides is 2. The van der Waals surface area contributed by atoms with Gasteiger partial charge in [0.2, 0.25) is 0 Å². The first-order valence-corrected chi connectivity index (χ1v) is 6.87. The van der Waals surface area contributed by atoms with Crippen LogP contribution in [-0.4, -0.2) is 45.3 Å². The number of carboxylic acids is 1. The molecule has 0 bridgehead atoms. The highest BCUT2D eigenvalue weighted by Crippen LogP contribution is 2.21. The summed E-state index contributed by atoms with van der Waals surface area (Å²) in [5.74, 6) is -0.325. The number of piperidine rings is 1. The Labute approximate surface area is 117 Å². The first-order chi connectivity index (χ1) is 9.65. The summed E-state index contributed by atoms with van der Waals surface area (Å²) in [5, 5.41) is 18.0. The number of aromatic nitrogens is 2. The Bertz CT molecular complexity index is 438. The second-order valence-electron chi connectivity index (χ2n) is 5.13. The van der Waals surface area contributed by atoms with Crippen molar-refractivity contribution in [1.29, 1.82) is 0 Å². The number of hydrogen-bond acceptors (Lipinski definition) is 3. The average Bonchev–Trinajstić information content (AvgIpc) is 2.96. The van der Waals surface area contributed by atoms with Gasteiger partial charge < -0.3 is 15.3 Å². The normalized spacial score (nSPS) is 16.1. The van der Waals surface area contributed by atoms with E-state index in [1.54, 1.807) is 17.3 Å². The van der Waals surface area contributed by atoms with Crippen molar-refractivity contribution in [1.82, 2.24) is 20.4 Å². The number of carboxylic acid groups (broad SMARTS) is 1. The number of aliphatic carboxylic acids is 1. The van der Waals surface area contributed by atoms with E-state index < -0.39 is 5.97 Å². The molecule has 2 amide bonds. The molecule has 3 N–H and O–H groups in total. The van der Waals surface area contributed by atoms with E-state index in [0.717, 1.165) is 18.4 Å². The lowest BCUT2D eigenvalue weighted by molar-refractivity contribution is -0.137. The van der Waals surface area contributed by atoms with Crippen LogP contribution in [0.2, 0.25) is 0 Å². The fourth-order valence-electron chi connectivity index (χ4n) is 2.42. The van der Waals surface area contributed by atoms with Gasteiger partial charge in [-0.2, -0.15) is 5.10 Å². The third kappa shape index (κ3) is 4.25. The number of hydrogen-bond donors (Lipinski definition) is 3. The third-order valence-corrected chi connectivity index (χ3v) is 3.67. The summed E-state index contributed by atoms with van der Waals surface area (Å²) in [6.45, 7) is 1.86. The highest BCUT2D eigenvalue weighted by Gasteiger charge is 2.22. The Hall–Kier alpha value is -2.05. The maximum atomic E-state index is 12.0. The number of carbonyl (C=O) groups is 2. The van der Waals surface area contributed by atoms with Gasteiger partial charge in [-0.25, -0.2) is 4.79 Å². The van der Waals surface area contributed by atoms with E-state index in [1.165, 1.54) is 0 Å². The van der Waals surface area contributed by atoms with E-state index in [0.29, 0.717) is 32.0 Å². The minimum absolute atomic E-state index is 0.0668. The van der Waals surface area contributed by atoms with Crippen LogP contribution >= 0.6 is 0 Å². The average molecular weight is 280 g/mol. The van der Waals surface area contributed by atoms with Gasteiger partial charge in [0.25, 0.3) is 0 Å². The molecule has 0 radical (unpaired) electrons. The Balaban J connectivity index is 1.67. The molecule has 1 aromatic heterocycles. The van der Waals surface area contributed by atoms with Crippen LogP contribution in [0.4, 0.5) is 4.79 Å². The predicted molar refractivity (Wildman–Crippen MR) is 72.0 cm³/mol. The molecule has 110 valence electrons. The number of carbonyl (C=O) groups excluding carboxylic acids is 1. The molecule has 1 aliphatic rings. The molecule has 2 rings (SSSR count). The Kier molecular flexibility index (Phi) is 4.97. The molecule has 0 spiro atoms. The van der Waals surface area contributed by atoms with Gasteiger partial charge in [0, 0.05) is 37.8 Å². The highest BCUT2D eigenvalue weighted by atomic mass is 16.4. The zero-order valence-corrected chi connectivity index (χ0v) is 11.3. The summed E-state index contributed by atoms with van der Waals surface area (Å²) in [5.41, 5.74) is 0.940. The van der Waals surface area contributed by atoms with Gasteiger partial charge in [0.15, 0.2) is 0 Å². The fourth-order valence-corrected chi connectivity index (χ4v) is 2.42. The molecule has 2 heterocycles. The smallest absolute Gasteiger partial charge is 0.317 e. The third-order valence-electron chi connectivity index (χ3n) is 3.67. The van der Waals surface area contributed by atoms with Gasteiger partial charge in [-0.05, 0) is 25.2 Å². The van der Waals surface area contributed by atoms with Gasteiger partial charge >= 0.3 is 12.0 Å². The van der Waals surface area contributed by atoms with Crippen LogP contribution in [0.1, 0.15) is 31.2 Å². The second kappa shape index (κ2) is 6.93. The maximum Gasteiger partial charge on any atom is 0.317 e. The summed E-state index contributed by atoms with van der Waals surface area (Å²) in [7, 11) is 0. The summed E-state index contributed by atoms with van der Waals surface area (Å²) in [6, 6.07) is -0.0668. The lowest BCUT2D eigenvalue weighted by Gasteiger charge is -2.31. The van der Waals surface area contributed by atoms with Gasteiger partial charge in [-0.1, -0.05) is 0 Å². The molecule has 7 heteroatoms. The van der Waals surface area contributed by atoms with E-state index >= 15 is 0 Å². The second-order valence-corrected chi connectivity index (χ2v) is 5.13. The highest BCUT2D eigenvalue weighted by molar-refractivity contribution is 5.74. The Morgan fingerprint density at radius 3 is 2.80 bits per heavy atom. The molecule has 0 atom stereocenters. The van der Waals surface area contributed by atoms with Crippen molar-refractivity contribution in [3.05, 3.63) is 18.0 Å². The largest absolute Gasteiger partial charge is 0.481 e. The first-order valence-electron chi connectivity index (χ1n) is 6.87. The van der Waals surface area contributed by atoms with E-state index in [4.69, 9.17) is 5.11 Å². The monoisotopic (exact) mass is 280 g/mol. The van der Waals surface area contributed by atoms with Crippen LogP contribution in [-0.2, 0) is 11.3 Å². The van der Waals surface area contributed by atoms with Crippen LogP contribution in [0, 0.1) is 5.92 Å². The molecule has 20 heavy (non-hydrogen) atoms. The minimum Gasteiger partial charge on any atom is -0.481 e. The molecule has 1 aromatic rings. The predicted octanol–water partition coefficient (Wildman–Crippen LogP) is 1.20. The van der Waals surface area contributed by atoms with E-state index in [1.807, 2.05) is 0 Å². The topological polar surface area (TPSA) is 98.3 Å². The van der Waals surface area contributed by atoms with E-state index in [2.05, 4.69) is 15.5 Å². The number of likely N-dealkylation sites (tertiary alicyclic amines) is 1. The van der Waals surface area contributed by atoms with Crippen LogP contribution in [0.5, 0.6) is 0 Å². The molecule has 1 aliphatic heterocycles. The van der Waals surface area contributed by atoms with E-state index in [-0.39, 0.29) is 12.5 Å². The number of aromatic amines is 1. The Morgan fingerprint density at radius 2 is 2.20 bits per heavy atom. The van der Waals surface area contributed by atoms with Crippen LogP contribution < -0.4 is 5.32 Å². The van der Waals surface area contributed by atoms with Crippen LogP contribution in [0.15, 0.2) is 12.4 Å². The number of nitrogens with zero attached hydrogens (tertiary/aromatic N) is 2. The molecule has 1 saturated heterocycles. The van der Waals surface area contributed by atoms with Crippen molar-refractivity contribution in [2.45, 2.75) is 32.2 Å². The summed E-state index contributed by atoms with van der Waals surface area (Å²) < 4.78 is 0. The zero-order chi connectivity index (χ0) is 14.4. The molecule has 0 unspecified atom stereocenters. The SMILES string of the molecule is O=C(O)CCC1CCN(C(=O)NCc2cn[nH]c2)CC1. The lowest BCUT2D eigenvalue weighted by atomic mass is 9.92. The van der Waals surface area contributed by atoms with Gasteiger partial charge in [0.1, 0.15) is 0 Å². The van der Waals surface area contributed by atoms with Gasteiger partial charge in [-0.3, -0.25) is 9.89 Å². The van der Waals surface area contributed by atoms with Crippen LogP contribution in [0.25, 0.3) is 0 Å². The summed E-state index contributed by atoms with van der Waals surface area (Å²) in [4.78, 5) is 24.3.